The molecule has 3 nitrogen and oxygen atoms in total. The van der Waals surface area contributed by atoms with Gasteiger partial charge >= 0.3 is 0 Å². The van der Waals surface area contributed by atoms with Gasteiger partial charge in [0.15, 0.2) is 0 Å². The first-order valence-electron chi connectivity index (χ1n) is 7.99. The summed E-state index contributed by atoms with van der Waals surface area (Å²) in [7, 11) is 0. The van der Waals surface area contributed by atoms with Crippen LogP contribution in [0.15, 0.2) is 53.0 Å². The van der Waals surface area contributed by atoms with E-state index in [0.717, 1.165) is 22.3 Å². The summed E-state index contributed by atoms with van der Waals surface area (Å²) in [5.74, 6) is 0.660. The summed E-state index contributed by atoms with van der Waals surface area (Å²) in [5, 5.41) is 2.89. The van der Waals surface area contributed by atoms with Crippen LogP contribution in [-0.4, -0.2) is 12.5 Å². The van der Waals surface area contributed by atoms with Crippen LogP contribution in [0, 0.1) is 0 Å². The quantitative estimate of drug-likeness (QED) is 0.604. The fraction of sp³-hybridized carbons (Fsp3) is 0.316. The summed E-state index contributed by atoms with van der Waals surface area (Å²) in [6, 6.07) is 14.8. The van der Waals surface area contributed by atoms with Crippen LogP contribution in [0.2, 0.25) is 0 Å². The molecule has 2 aromatic carbocycles. The number of rotatable bonds is 8. The minimum Gasteiger partial charge on any atom is -0.494 e. The van der Waals surface area contributed by atoms with E-state index in [1.165, 1.54) is 19.3 Å². The lowest BCUT2D eigenvalue weighted by molar-refractivity contribution is 0.102. The number of halogens is 1. The molecule has 0 saturated carbocycles. The van der Waals surface area contributed by atoms with Crippen LogP contribution in [0.5, 0.6) is 5.75 Å². The van der Waals surface area contributed by atoms with Gasteiger partial charge in [0.1, 0.15) is 5.75 Å². The maximum Gasteiger partial charge on any atom is 0.255 e. The molecule has 122 valence electrons. The first kappa shape index (κ1) is 17.5. The highest BCUT2D eigenvalue weighted by Crippen LogP contribution is 2.19. The third-order valence-electron chi connectivity index (χ3n) is 3.46. The van der Waals surface area contributed by atoms with Gasteiger partial charge in [-0.05, 0) is 42.8 Å². The van der Waals surface area contributed by atoms with E-state index in [-0.39, 0.29) is 5.91 Å². The number of carbonyl (C=O) groups excluding carboxylic acids is 1. The zero-order valence-corrected chi connectivity index (χ0v) is 14.9. The molecule has 1 N–H and O–H groups in total. The molecule has 0 heterocycles. The largest absolute Gasteiger partial charge is 0.494 e. The molecular formula is C19H22BrNO2. The molecule has 0 radical (unpaired) electrons. The fourth-order valence-electron chi connectivity index (χ4n) is 2.19. The van der Waals surface area contributed by atoms with Gasteiger partial charge in [-0.2, -0.15) is 0 Å². The minimum absolute atomic E-state index is 0.127. The van der Waals surface area contributed by atoms with Crippen LogP contribution in [-0.2, 0) is 0 Å². The molecule has 0 aliphatic heterocycles. The minimum atomic E-state index is -0.127. The average Bonchev–Trinajstić information content (AvgIpc) is 2.55. The van der Waals surface area contributed by atoms with E-state index in [1.54, 1.807) is 12.1 Å². The lowest BCUT2D eigenvalue weighted by atomic mass is 10.2. The Morgan fingerprint density at radius 2 is 1.87 bits per heavy atom. The van der Waals surface area contributed by atoms with Crippen molar-refractivity contribution in [2.75, 3.05) is 11.9 Å². The maximum absolute atomic E-state index is 12.2. The number of hydrogen-bond acceptors (Lipinski definition) is 2. The number of benzene rings is 2. The van der Waals surface area contributed by atoms with Gasteiger partial charge < -0.3 is 10.1 Å². The first-order valence-corrected chi connectivity index (χ1v) is 8.78. The summed E-state index contributed by atoms with van der Waals surface area (Å²) in [5.41, 5.74) is 1.36. The molecule has 0 aliphatic rings. The number of carbonyl (C=O) groups is 1. The van der Waals surface area contributed by atoms with Gasteiger partial charge in [-0.25, -0.2) is 0 Å². The summed E-state index contributed by atoms with van der Waals surface area (Å²) < 4.78 is 6.69. The first-order chi connectivity index (χ1) is 11.2. The Hall–Kier alpha value is -1.81. The van der Waals surface area contributed by atoms with Crippen molar-refractivity contribution in [3.8, 4) is 5.75 Å². The Labute approximate surface area is 146 Å². The normalized spacial score (nSPS) is 10.3. The van der Waals surface area contributed by atoms with Gasteiger partial charge in [0.2, 0.25) is 0 Å². The number of anilines is 1. The van der Waals surface area contributed by atoms with Gasteiger partial charge in [0, 0.05) is 21.8 Å². The number of ether oxygens (including phenoxy) is 1. The molecule has 2 aromatic rings. The van der Waals surface area contributed by atoms with Crippen LogP contribution >= 0.6 is 15.9 Å². The zero-order valence-electron chi connectivity index (χ0n) is 13.3. The highest BCUT2D eigenvalue weighted by Gasteiger charge is 2.06. The molecular weight excluding hydrogens is 354 g/mol. The van der Waals surface area contributed by atoms with Crippen LogP contribution in [0.1, 0.15) is 43.0 Å². The predicted octanol–water partition coefficient (Wildman–Crippen LogP) is 5.66. The fourth-order valence-corrected chi connectivity index (χ4v) is 2.45. The standard InChI is InChI=1S/C19H22BrNO2/c1-2-3-4-5-13-23-18-8-6-7-17(14-18)21-19(22)15-9-11-16(20)12-10-15/h6-12,14H,2-5,13H2,1H3,(H,21,22). The van der Waals surface area contributed by atoms with Crippen molar-refractivity contribution >= 4 is 27.5 Å². The third kappa shape index (κ3) is 6.06. The van der Waals surface area contributed by atoms with Crippen LogP contribution in [0.4, 0.5) is 5.69 Å². The lowest BCUT2D eigenvalue weighted by Gasteiger charge is -2.09. The molecule has 1 amide bonds. The Morgan fingerprint density at radius 3 is 2.61 bits per heavy atom. The van der Waals surface area contributed by atoms with Crippen LogP contribution in [0.3, 0.4) is 0 Å². The summed E-state index contributed by atoms with van der Waals surface area (Å²) in [4.78, 5) is 12.2. The van der Waals surface area contributed by atoms with E-state index in [0.29, 0.717) is 12.2 Å². The van der Waals surface area contributed by atoms with E-state index in [2.05, 4.69) is 28.2 Å². The Morgan fingerprint density at radius 1 is 1.09 bits per heavy atom. The van der Waals surface area contributed by atoms with E-state index in [1.807, 2.05) is 36.4 Å². The van der Waals surface area contributed by atoms with Crippen molar-refractivity contribution in [1.29, 1.82) is 0 Å². The molecule has 0 unspecified atom stereocenters. The number of nitrogens with one attached hydrogen (secondary N) is 1. The van der Waals surface area contributed by atoms with E-state index in [9.17, 15) is 4.79 Å². The lowest BCUT2D eigenvalue weighted by Crippen LogP contribution is -2.11. The van der Waals surface area contributed by atoms with Crippen molar-refractivity contribution in [2.24, 2.45) is 0 Å². The highest BCUT2D eigenvalue weighted by atomic mass is 79.9. The van der Waals surface area contributed by atoms with Crippen LogP contribution < -0.4 is 10.1 Å². The molecule has 2 rings (SSSR count). The Balaban J connectivity index is 1.89. The van der Waals surface area contributed by atoms with Gasteiger partial charge in [-0.15, -0.1) is 0 Å². The maximum atomic E-state index is 12.2. The smallest absolute Gasteiger partial charge is 0.255 e. The molecule has 0 fully saturated rings. The molecule has 0 spiro atoms. The monoisotopic (exact) mass is 375 g/mol. The summed E-state index contributed by atoms with van der Waals surface area (Å²) in [6.07, 6.45) is 4.71. The molecule has 0 aliphatic carbocycles. The SMILES string of the molecule is CCCCCCOc1cccc(NC(=O)c2ccc(Br)cc2)c1. The van der Waals surface area contributed by atoms with Crippen molar-refractivity contribution in [1.82, 2.24) is 0 Å². The van der Waals surface area contributed by atoms with Gasteiger partial charge in [0.25, 0.3) is 5.91 Å². The van der Waals surface area contributed by atoms with E-state index in [4.69, 9.17) is 4.74 Å². The molecule has 0 bridgehead atoms. The zero-order chi connectivity index (χ0) is 16.5. The topological polar surface area (TPSA) is 38.3 Å². The Kier molecular flexibility index (Phi) is 7.14. The number of hydrogen-bond donors (Lipinski definition) is 1. The van der Waals surface area contributed by atoms with Gasteiger partial charge in [-0.3, -0.25) is 4.79 Å². The van der Waals surface area contributed by atoms with Crippen LogP contribution in [0.25, 0.3) is 0 Å². The molecule has 4 heteroatoms. The molecule has 0 aromatic heterocycles. The van der Waals surface area contributed by atoms with E-state index < -0.39 is 0 Å². The van der Waals surface area contributed by atoms with E-state index >= 15 is 0 Å². The van der Waals surface area contributed by atoms with Gasteiger partial charge in [-0.1, -0.05) is 48.2 Å². The average molecular weight is 376 g/mol. The third-order valence-corrected chi connectivity index (χ3v) is 3.99. The predicted molar refractivity (Wildman–Crippen MR) is 98.2 cm³/mol. The van der Waals surface area contributed by atoms with Gasteiger partial charge in [0.05, 0.1) is 6.61 Å². The second-order valence-electron chi connectivity index (χ2n) is 5.40. The molecule has 23 heavy (non-hydrogen) atoms. The van der Waals surface area contributed by atoms with Crippen molar-refractivity contribution < 1.29 is 9.53 Å². The van der Waals surface area contributed by atoms with Crippen molar-refractivity contribution in [3.05, 3.63) is 58.6 Å². The highest BCUT2D eigenvalue weighted by molar-refractivity contribution is 9.10. The second-order valence-corrected chi connectivity index (χ2v) is 6.31. The van der Waals surface area contributed by atoms with Crippen molar-refractivity contribution in [3.63, 3.8) is 0 Å². The molecule has 0 atom stereocenters. The number of amides is 1. The summed E-state index contributed by atoms with van der Waals surface area (Å²) >= 11 is 3.36. The Bertz CT molecular complexity index is 626. The summed E-state index contributed by atoms with van der Waals surface area (Å²) in [6.45, 7) is 2.91. The number of unbranched alkanes of at least 4 members (excludes halogenated alkanes) is 3. The second kappa shape index (κ2) is 9.36. The molecule has 0 saturated heterocycles. The van der Waals surface area contributed by atoms with Crippen molar-refractivity contribution in [2.45, 2.75) is 32.6 Å².